The summed E-state index contributed by atoms with van der Waals surface area (Å²) >= 11 is 0. The molecule has 1 aromatic rings. The highest BCUT2D eigenvalue weighted by atomic mass is 16.6. The molecule has 0 radical (unpaired) electrons. The first-order valence-corrected chi connectivity index (χ1v) is 5.63. The summed E-state index contributed by atoms with van der Waals surface area (Å²) in [4.78, 5) is 0. The molecule has 0 spiro atoms. The third-order valence-electron chi connectivity index (χ3n) is 2.67. The lowest BCUT2D eigenvalue weighted by atomic mass is 10.1. The highest BCUT2D eigenvalue weighted by Gasteiger charge is 2.18. The van der Waals surface area contributed by atoms with Crippen LogP contribution in [0.4, 0.5) is 0 Å². The van der Waals surface area contributed by atoms with Crippen LogP contribution in [-0.4, -0.2) is 24.9 Å². The number of fused-ring (bicyclic) bond motifs is 1. The largest absolute Gasteiger partial charge is 0.504 e. The van der Waals surface area contributed by atoms with E-state index >= 15 is 0 Å². The molecule has 4 nitrogen and oxygen atoms in total. The van der Waals surface area contributed by atoms with Crippen molar-refractivity contribution >= 4 is 0 Å². The van der Waals surface area contributed by atoms with Gasteiger partial charge in [0.15, 0.2) is 11.5 Å². The smallest absolute Gasteiger partial charge is 0.203 e. The maximum absolute atomic E-state index is 10.00. The van der Waals surface area contributed by atoms with Crippen LogP contribution < -0.4 is 15.2 Å². The third kappa shape index (κ3) is 2.22. The first-order valence-electron chi connectivity index (χ1n) is 5.63. The summed E-state index contributed by atoms with van der Waals surface area (Å²) in [5.74, 6) is 1.33. The van der Waals surface area contributed by atoms with Gasteiger partial charge in [0.05, 0.1) is 0 Å². The van der Waals surface area contributed by atoms with Crippen molar-refractivity contribution in [3.05, 3.63) is 17.7 Å². The molecular formula is C12H17NO3. The van der Waals surface area contributed by atoms with E-state index in [9.17, 15) is 5.11 Å². The number of phenols is 1. The first-order chi connectivity index (χ1) is 7.83. The molecule has 0 aromatic heterocycles. The van der Waals surface area contributed by atoms with Crippen LogP contribution in [0.3, 0.4) is 0 Å². The van der Waals surface area contributed by atoms with Crippen LogP contribution in [0.15, 0.2) is 12.1 Å². The number of nitrogens with two attached hydrogens (primary N) is 1. The Labute approximate surface area is 95.0 Å². The van der Waals surface area contributed by atoms with Crippen LogP contribution in [-0.2, 0) is 6.42 Å². The van der Waals surface area contributed by atoms with E-state index < -0.39 is 0 Å². The van der Waals surface area contributed by atoms with Gasteiger partial charge in [0, 0.05) is 0 Å². The topological polar surface area (TPSA) is 64.7 Å². The van der Waals surface area contributed by atoms with Crippen molar-refractivity contribution in [1.29, 1.82) is 0 Å². The van der Waals surface area contributed by atoms with Crippen LogP contribution in [0.25, 0.3) is 0 Å². The van der Waals surface area contributed by atoms with Gasteiger partial charge in [-0.15, -0.1) is 0 Å². The lowest BCUT2D eigenvalue weighted by Crippen LogP contribution is -2.15. The molecule has 1 heterocycles. The number of phenolic OH excluding ortho intramolecular Hbond substituents is 1. The molecule has 1 aliphatic heterocycles. The highest BCUT2D eigenvalue weighted by molar-refractivity contribution is 5.55. The molecule has 0 saturated heterocycles. The molecule has 16 heavy (non-hydrogen) atoms. The molecule has 0 saturated carbocycles. The SMILES string of the molecule is NCCCCc1ccc2c(c1O)OCCO2. The average Bonchev–Trinajstić information content (AvgIpc) is 2.33. The number of aromatic hydroxyl groups is 1. The van der Waals surface area contributed by atoms with Crippen molar-refractivity contribution in [2.75, 3.05) is 19.8 Å². The summed E-state index contributed by atoms with van der Waals surface area (Å²) in [6, 6.07) is 3.74. The average molecular weight is 223 g/mol. The van der Waals surface area contributed by atoms with Crippen molar-refractivity contribution in [3.63, 3.8) is 0 Å². The number of hydrogen-bond donors (Lipinski definition) is 2. The van der Waals surface area contributed by atoms with Gasteiger partial charge < -0.3 is 20.3 Å². The summed E-state index contributed by atoms with van der Waals surface area (Å²) in [7, 11) is 0. The van der Waals surface area contributed by atoms with Crippen LogP contribution in [0.2, 0.25) is 0 Å². The van der Waals surface area contributed by atoms with Crippen molar-refractivity contribution in [1.82, 2.24) is 0 Å². The molecule has 0 unspecified atom stereocenters. The normalized spacial score (nSPS) is 13.8. The number of rotatable bonds is 4. The van der Waals surface area contributed by atoms with Gasteiger partial charge in [0.2, 0.25) is 5.75 Å². The zero-order valence-corrected chi connectivity index (χ0v) is 9.24. The van der Waals surface area contributed by atoms with Gasteiger partial charge >= 0.3 is 0 Å². The van der Waals surface area contributed by atoms with Gasteiger partial charge in [-0.05, 0) is 37.4 Å². The molecule has 0 aliphatic carbocycles. The molecule has 1 aliphatic rings. The fourth-order valence-electron chi connectivity index (χ4n) is 1.80. The van der Waals surface area contributed by atoms with Gasteiger partial charge in [-0.3, -0.25) is 0 Å². The Kier molecular flexibility index (Phi) is 3.51. The second-order valence-corrected chi connectivity index (χ2v) is 3.84. The maximum Gasteiger partial charge on any atom is 0.203 e. The molecule has 0 fully saturated rings. The van der Waals surface area contributed by atoms with E-state index in [4.69, 9.17) is 15.2 Å². The minimum Gasteiger partial charge on any atom is -0.504 e. The fourth-order valence-corrected chi connectivity index (χ4v) is 1.80. The predicted octanol–water partition coefficient (Wildman–Crippen LogP) is 1.44. The molecule has 0 bridgehead atoms. The van der Waals surface area contributed by atoms with Gasteiger partial charge in [-0.2, -0.15) is 0 Å². The lowest BCUT2D eigenvalue weighted by Gasteiger charge is -2.20. The first kappa shape index (κ1) is 11.1. The standard InChI is InChI=1S/C12H17NO3/c13-6-2-1-3-9-4-5-10-12(11(9)14)16-8-7-15-10/h4-5,14H,1-3,6-8,13H2. The molecule has 0 amide bonds. The number of unbranched alkanes of at least 4 members (excludes halogenated alkanes) is 1. The van der Waals surface area contributed by atoms with Crippen molar-refractivity contribution in [2.45, 2.75) is 19.3 Å². The lowest BCUT2D eigenvalue weighted by molar-refractivity contribution is 0.165. The Morgan fingerprint density at radius 3 is 2.81 bits per heavy atom. The van der Waals surface area contributed by atoms with E-state index in [-0.39, 0.29) is 5.75 Å². The van der Waals surface area contributed by atoms with E-state index in [2.05, 4.69) is 0 Å². The molecule has 4 heteroatoms. The minimum atomic E-state index is 0.217. The predicted molar refractivity (Wildman–Crippen MR) is 61.1 cm³/mol. The molecular weight excluding hydrogens is 206 g/mol. The van der Waals surface area contributed by atoms with Gasteiger partial charge in [-0.1, -0.05) is 6.07 Å². The van der Waals surface area contributed by atoms with Gasteiger partial charge in [0.25, 0.3) is 0 Å². The number of aryl methyl sites for hydroxylation is 1. The second kappa shape index (κ2) is 5.07. The third-order valence-corrected chi connectivity index (χ3v) is 2.67. The van der Waals surface area contributed by atoms with E-state index in [0.29, 0.717) is 31.3 Å². The molecule has 0 atom stereocenters. The Bertz CT molecular complexity index is 366. The summed E-state index contributed by atoms with van der Waals surface area (Å²) in [6.45, 7) is 1.72. The van der Waals surface area contributed by atoms with Crippen LogP contribution >= 0.6 is 0 Å². The van der Waals surface area contributed by atoms with E-state index in [0.717, 1.165) is 24.8 Å². The molecule has 88 valence electrons. The summed E-state index contributed by atoms with van der Waals surface area (Å²) in [6.07, 6.45) is 2.76. The van der Waals surface area contributed by atoms with Crippen LogP contribution in [0.1, 0.15) is 18.4 Å². The monoisotopic (exact) mass is 223 g/mol. The summed E-state index contributed by atoms with van der Waals surface area (Å²) in [5.41, 5.74) is 6.34. The van der Waals surface area contributed by atoms with Crippen LogP contribution in [0.5, 0.6) is 17.2 Å². The zero-order valence-electron chi connectivity index (χ0n) is 9.24. The van der Waals surface area contributed by atoms with E-state index in [1.807, 2.05) is 12.1 Å². The molecule has 3 N–H and O–H groups in total. The Morgan fingerprint density at radius 2 is 2.00 bits per heavy atom. The van der Waals surface area contributed by atoms with Crippen molar-refractivity contribution < 1.29 is 14.6 Å². The fraction of sp³-hybridized carbons (Fsp3) is 0.500. The Hall–Kier alpha value is -1.42. The summed E-state index contributed by atoms with van der Waals surface area (Å²) < 4.78 is 10.8. The number of benzene rings is 1. The summed E-state index contributed by atoms with van der Waals surface area (Å²) in [5, 5.41) is 10.00. The van der Waals surface area contributed by atoms with E-state index in [1.54, 1.807) is 0 Å². The maximum atomic E-state index is 10.00. The van der Waals surface area contributed by atoms with Crippen molar-refractivity contribution in [2.24, 2.45) is 5.73 Å². The number of ether oxygens (including phenoxy) is 2. The second-order valence-electron chi connectivity index (χ2n) is 3.84. The molecule has 1 aromatic carbocycles. The van der Waals surface area contributed by atoms with E-state index in [1.165, 1.54) is 0 Å². The Balaban J connectivity index is 2.14. The van der Waals surface area contributed by atoms with Crippen LogP contribution in [0, 0.1) is 0 Å². The zero-order chi connectivity index (χ0) is 11.4. The van der Waals surface area contributed by atoms with Gasteiger partial charge in [-0.25, -0.2) is 0 Å². The van der Waals surface area contributed by atoms with Crippen molar-refractivity contribution in [3.8, 4) is 17.2 Å². The quantitative estimate of drug-likeness (QED) is 0.758. The molecule has 2 rings (SSSR count). The minimum absolute atomic E-state index is 0.217. The Morgan fingerprint density at radius 1 is 1.19 bits per heavy atom. The number of hydrogen-bond acceptors (Lipinski definition) is 4. The highest BCUT2D eigenvalue weighted by Crippen LogP contribution is 2.41. The van der Waals surface area contributed by atoms with Gasteiger partial charge in [0.1, 0.15) is 13.2 Å².